The van der Waals surface area contributed by atoms with Crippen molar-refractivity contribution in [3.63, 3.8) is 0 Å². The molecule has 1 aliphatic rings. The molecule has 18 heavy (non-hydrogen) atoms. The molecule has 0 spiro atoms. The minimum absolute atomic E-state index is 0.106. The normalized spacial score (nSPS) is 16.5. The van der Waals surface area contributed by atoms with Gasteiger partial charge in [-0.25, -0.2) is 0 Å². The van der Waals surface area contributed by atoms with Gasteiger partial charge >= 0.3 is 0 Å². The minimum Gasteiger partial charge on any atom is -0.493 e. The Hall–Kier alpha value is -0.930. The molecule has 3 nitrogen and oxygen atoms in total. The summed E-state index contributed by atoms with van der Waals surface area (Å²) in [6.07, 6.45) is 3.13. The van der Waals surface area contributed by atoms with E-state index in [-0.39, 0.29) is 5.41 Å². The van der Waals surface area contributed by atoms with Crippen LogP contribution in [0.3, 0.4) is 0 Å². The second-order valence-corrected chi connectivity index (χ2v) is 5.17. The molecule has 0 radical (unpaired) electrons. The van der Waals surface area contributed by atoms with E-state index in [4.69, 9.17) is 26.8 Å². The Labute approximate surface area is 113 Å². The number of ether oxygens (including phenoxy) is 2. The fourth-order valence-electron chi connectivity index (χ4n) is 2.54. The fourth-order valence-corrected chi connectivity index (χ4v) is 2.95. The van der Waals surface area contributed by atoms with E-state index in [2.05, 4.69) is 6.92 Å². The zero-order chi connectivity index (χ0) is 13.3. The van der Waals surface area contributed by atoms with Gasteiger partial charge in [0.1, 0.15) is 0 Å². The quantitative estimate of drug-likeness (QED) is 0.894. The summed E-state index contributed by atoms with van der Waals surface area (Å²) in [6, 6.07) is 2.05. The predicted molar refractivity (Wildman–Crippen MR) is 73.9 cm³/mol. The van der Waals surface area contributed by atoms with Crippen molar-refractivity contribution in [2.45, 2.75) is 31.6 Å². The van der Waals surface area contributed by atoms with Crippen LogP contribution in [-0.4, -0.2) is 20.8 Å². The first kappa shape index (κ1) is 13.5. The van der Waals surface area contributed by atoms with Gasteiger partial charge in [0, 0.05) is 12.0 Å². The van der Waals surface area contributed by atoms with Gasteiger partial charge in [0.25, 0.3) is 0 Å². The van der Waals surface area contributed by atoms with Crippen molar-refractivity contribution in [3.8, 4) is 11.5 Å². The number of hydrogen-bond donors (Lipinski definition) is 1. The topological polar surface area (TPSA) is 44.5 Å². The van der Waals surface area contributed by atoms with Crippen molar-refractivity contribution in [2.75, 3.05) is 20.8 Å². The molecule has 0 bridgehead atoms. The van der Waals surface area contributed by atoms with E-state index in [0.29, 0.717) is 23.1 Å². The van der Waals surface area contributed by atoms with Crippen LogP contribution >= 0.6 is 11.6 Å². The number of methoxy groups -OCH3 is 2. The molecule has 2 rings (SSSR count). The SMILES string of the molecule is CCc1c(C2(CN)CC2)cc(OC)c(OC)c1Cl. The third kappa shape index (κ3) is 1.95. The largest absolute Gasteiger partial charge is 0.493 e. The van der Waals surface area contributed by atoms with Gasteiger partial charge in [-0.15, -0.1) is 0 Å². The minimum atomic E-state index is 0.106. The van der Waals surface area contributed by atoms with Crippen LogP contribution in [0, 0.1) is 0 Å². The van der Waals surface area contributed by atoms with E-state index in [1.165, 1.54) is 5.56 Å². The third-order valence-electron chi connectivity index (χ3n) is 3.88. The van der Waals surface area contributed by atoms with Gasteiger partial charge in [-0.05, 0) is 36.5 Å². The monoisotopic (exact) mass is 269 g/mol. The second kappa shape index (κ2) is 4.98. The van der Waals surface area contributed by atoms with Crippen LogP contribution in [0.5, 0.6) is 11.5 Å². The molecule has 2 N–H and O–H groups in total. The van der Waals surface area contributed by atoms with Crippen LogP contribution in [0.1, 0.15) is 30.9 Å². The second-order valence-electron chi connectivity index (χ2n) is 4.79. The van der Waals surface area contributed by atoms with E-state index in [0.717, 1.165) is 24.8 Å². The van der Waals surface area contributed by atoms with E-state index in [1.54, 1.807) is 14.2 Å². The number of rotatable bonds is 5. The molecule has 1 aliphatic carbocycles. The van der Waals surface area contributed by atoms with Gasteiger partial charge in [-0.1, -0.05) is 18.5 Å². The zero-order valence-electron chi connectivity index (χ0n) is 11.2. The maximum absolute atomic E-state index is 6.44. The maximum Gasteiger partial charge on any atom is 0.179 e. The highest BCUT2D eigenvalue weighted by molar-refractivity contribution is 6.33. The molecule has 0 saturated heterocycles. The molecule has 0 aliphatic heterocycles. The van der Waals surface area contributed by atoms with Crippen molar-refractivity contribution < 1.29 is 9.47 Å². The summed E-state index contributed by atoms with van der Waals surface area (Å²) in [5.41, 5.74) is 8.40. The van der Waals surface area contributed by atoms with Crippen molar-refractivity contribution in [2.24, 2.45) is 5.73 Å². The molecule has 0 atom stereocenters. The molecule has 100 valence electrons. The van der Waals surface area contributed by atoms with Crippen molar-refractivity contribution in [1.29, 1.82) is 0 Å². The van der Waals surface area contributed by atoms with Gasteiger partial charge in [-0.2, -0.15) is 0 Å². The Morgan fingerprint density at radius 1 is 1.33 bits per heavy atom. The first-order valence-corrected chi connectivity index (χ1v) is 6.65. The van der Waals surface area contributed by atoms with Gasteiger partial charge in [0.05, 0.1) is 19.2 Å². The van der Waals surface area contributed by atoms with E-state index in [9.17, 15) is 0 Å². The molecule has 0 aromatic heterocycles. The number of benzene rings is 1. The lowest BCUT2D eigenvalue weighted by Crippen LogP contribution is -2.21. The maximum atomic E-state index is 6.44. The molecular formula is C14H20ClNO2. The summed E-state index contributed by atoms with van der Waals surface area (Å²) in [7, 11) is 3.24. The van der Waals surface area contributed by atoms with Crippen LogP contribution in [0.15, 0.2) is 6.07 Å². The molecule has 0 amide bonds. The number of hydrogen-bond acceptors (Lipinski definition) is 3. The third-order valence-corrected chi connectivity index (χ3v) is 4.28. The Morgan fingerprint density at radius 3 is 2.39 bits per heavy atom. The summed E-state index contributed by atoms with van der Waals surface area (Å²) < 4.78 is 10.7. The fraction of sp³-hybridized carbons (Fsp3) is 0.571. The Morgan fingerprint density at radius 2 is 2.00 bits per heavy atom. The van der Waals surface area contributed by atoms with Crippen LogP contribution in [0.25, 0.3) is 0 Å². The zero-order valence-corrected chi connectivity index (χ0v) is 11.9. The van der Waals surface area contributed by atoms with Crippen molar-refractivity contribution >= 4 is 11.6 Å². The van der Waals surface area contributed by atoms with Crippen LogP contribution in [0.2, 0.25) is 5.02 Å². The lowest BCUT2D eigenvalue weighted by Gasteiger charge is -2.22. The molecule has 1 saturated carbocycles. The van der Waals surface area contributed by atoms with Crippen LogP contribution in [-0.2, 0) is 11.8 Å². The molecule has 0 heterocycles. The van der Waals surface area contributed by atoms with Crippen molar-refractivity contribution in [3.05, 3.63) is 22.2 Å². The highest BCUT2D eigenvalue weighted by atomic mass is 35.5. The average Bonchev–Trinajstić information content (AvgIpc) is 3.18. The highest BCUT2D eigenvalue weighted by Crippen LogP contribution is 2.52. The van der Waals surface area contributed by atoms with Gasteiger partial charge in [0.2, 0.25) is 0 Å². The van der Waals surface area contributed by atoms with Gasteiger partial charge in [-0.3, -0.25) is 0 Å². The van der Waals surface area contributed by atoms with E-state index in [1.807, 2.05) is 6.07 Å². The van der Waals surface area contributed by atoms with Gasteiger partial charge in [0.15, 0.2) is 11.5 Å². The average molecular weight is 270 g/mol. The standard InChI is InChI=1S/C14H20ClNO2/c1-4-9-10(14(8-16)5-6-14)7-11(17-2)13(18-3)12(9)15/h7H,4-6,8,16H2,1-3H3. The van der Waals surface area contributed by atoms with Gasteiger partial charge < -0.3 is 15.2 Å². The molecule has 0 unspecified atom stereocenters. The summed E-state index contributed by atoms with van der Waals surface area (Å²) in [6.45, 7) is 2.76. The van der Waals surface area contributed by atoms with E-state index < -0.39 is 0 Å². The lowest BCUT2D eigenvalue weighted by atomic mass is 9.89. The molecule has 1 aromatic carbocycles. The van der Waals surface area contributed by atoms with E-state index >= 15 is 0 Å². The Balaban J connectivity index is 2.62. The summed E-state index contributed by atoms with van der Waals surface area (Å²) in [5.74, 6) is 1.31. The predicted octanol–water partition coefficient (Wildman–Crippen LogP) is 2.91. The highest BCUT2D eigenvalue weighted by Gasteiger charge is 2.45. The number of nitrogens with two attached hydrogens (primary N) is 1. The molecular weight excluding hydrogens is 250 g/mol. The summed E-state index contributed by atoms with van der Waals surface area (Å²) >= 11 is 6.44. The lowest BCUT2D eigenvalue weighted by molar-refractivity contribution is 0.353. The first-order valence-electron chi connectivity index (χ1n) is 6.27. The van der Waals surface area contributed by atoms with Crippen molar-refractivity contribution in [1.82, 2.24) is 0 Å². The first-order chi connectivity index (χ1) is 8.63. The Bertz CT molecular complexity index is 456. The summed E-state index contributed by atoms with van der Waals surface area (Å²) in [5, 5.41) is 0.661. The smallest absolute Gasteiger partial charge is 0.179 e. The summed E-state index contributed by atoms with van der Waals surface area (Å²) in [4.78, 5) is 0. The Kier molecular flexibility index (Phi) is 3.74. The number of halogens is 1. The molecule has 1 fully saturated rings. The van der Waals surface area contributed by atoms with Crippen LogP contribution in [0.4, 0.5) is 0 Å². The molecule has 1 aromatic rings. The molecule has 4 heteroatoms. The van der Waals surface area contributed by atoms with Crippen LogP contribution < -0.4 is 15.2 Å².